The van der Waals surface area contributed by atoms with E-state index in [1.807, 2.05) is 39.8 Å². The molecule has 0 aliphatic carbocycles. The van der Waals surface area contributed by atoms with E-state index in [1.54, 1.807) is 17.8 Å². The second-order valence-electron chi connectivity index (χ2n) is 5.47. The molecule has 0 radical (unpaired) electrons. The maximum absolute atomic E-state index is 12.2. The predicted octanol–water partition coefficient (Wildman–Crippen LogP) is 4.59. The average molecular weight is 310 g/mol. The number of carbonyl (C=O) groups is 1. The van der Waals surface area contributed by atoms with Gasteiger partial charge in [0.2, 0.25) is 0 Å². The molecule has 21 heavy (non-hydrogen) atoms. The fraction of sp³-hybridized carbons (Fsp3) is 0.588. The number of ketones is 1. The van der Waals surface area contributed by atoms with Crippen molar-refractivity contribution in [3.63, 3.8) is 0 Å². The fourth-order valence-corrected chi connectivity index (χ4v) is 2.56. The first-order chi connectivity index (χ1) is 9.93. The fourth-order valence-electron chi connectivity index (χ4n) is 1.77. The summed E-state index contributed by atoms with van der Waals surface area (Å²) in [6, 6.07) is 5.45. The van der Waals surface area contributed by atoms with Gasteiger partial charge in [-0.2, -0.15) is 11.8 Å². The molecule has 0 saturated carbocycles. The molecule has 1 aromatic carbocycles. The number of thioether (sulfide) groups is 1. The quantitative estimate of drug-likeness (QED) is 0.494. The van der Waals surface area contributed by atoms with Gasteiger partial charge in [-0.25, -0.2) is 0 Å². The molecular weight excluding hydrogens is 284 g/mol. The molecule has 1 aromatic rings. The molecule has 4 heteroatoms. The van der Waals surface area contributed by atoms with Gasteiger partial charge in [-0.1, -0.05) is 6.92 Å². The van der Waals surface area contributed by atoms with Crippen LogP contribution in [-0.2, 0) is 0 Å². The molecule has 0 fully saturated rings. The van der Waals surface area contributed by atoms with Crippen LogP contribution in [0, 0.1) is 0 Å². The molecule has 0 bridgehead atoms. The Kier molecular flexibility index (Phi) is 7.65. The first-order valence-electron chi connectivity index (χ1n) is 7.52. The van der Waals surface area contributed by atoms with Crippen LogP contribution in [0.3, 0.4) is 0 Å². The number of rotatable bonds is 9. The lowest BCUT2D eigenvalue weighted by molar-refractivity contribution is 0.102. The van der Waals surface area contributed by atoms with Crippen molar-refractivity contribution in [2.24, 2.45) is 0 Å². The summed E-state index contributed by atoms with van der Waals surface area (Å²) in [6.45, 7) is 9.98. The van der Waals surface area contributed by atoms with E-state index >= 15 is 0 Å². The highest BCUT2D eigenvalue weighted by atomic mass is 32.2. The lowest BCUT2D eigenvalue weighted by Gasteiger charge is -2.17. The van der Waals surface area contributed by atoms with E-state index < -0.39 is 0 Å². The average Bonchev–Trinajstić information content (AvgIpc) is 2.39. The highest BCUT2D eigenvalue weighted by Crippen LogP contribution is 2.30. The first-order valence-corrected chi connectivity index (χ1v) is 8.67. The molecule has 0 aliphatic heterocycles. The number of hydrogen-bond acceptors (Lipinski definition) is 4. The number of benzene rings is 1. The van der Waals surface area contributed by atoms with Gasteiger partial charge < -0.3 is 9.47 Å². The SMILES string of the molecule is CCCSCC(=O)c1ccc(OC(C)C)c(OC(C)C)c1. The monoisotopic (exact) mass is 310 g/mol. The summed E-state index contributed by atoms with van der Waals surface area (Å²) in [4.78, 5) is 12.2. The van der Waals surface area contributed by atoms with Crippen LogP contribution in [0.4, 0.5) is 0 Å². The summed E-state index contributed by atoms with van der Waals surface area (Å²) in [6.07, 6.45) is 1.20. The maximum Gasteiger partial charge on any atom is 0.172 e. The Morgan fingerprint density at radius 2 is 1.71 bits per heavy atom. The van der Waals surface area contributed by atoms with Crippen molar-refractivity contribution < 1.29 is 14.3 Å². The molecule has 118 valence electrons. The summed E-state index contributed by atoms with van der Waals surface area (Å²) in [5.41, 5.74) is 0.686. The molecule has 3 nitrogen and oxygen atoms in total. The van der Waals surface area contributed by atoms with Crippen LogP contribution >= 0.6 is 11.8 Å². The number of hydrogen-bond donors (Lipinski definition) is 0. The second-order valence-corrected chi connectivity index (χ2v) is 6.58. The van der Waals surface area contributed by atoms with Crippen LogP contribution in [0.1, 0.15) is 51.4 Å². The Morgan fingerprint density at radius 3 is 2.29 bits per heavy atom. The topological polar surface area (TPSA) is 35.5 Å². The predicted molar refractivity (Wildman–Crippen MR) is 89.9 cm³/mol. The number of Topliss-reactive ketones (excluding diaryl/α,β-unsaturated/α-hetero) is 1. The molecule has 0 aliphatic rings. The van der Waals surface area contributed by atoms with Crippen LogP contribution in [0.25, 0.3) is 0 Å². The van der Waals surface area contributed by atoms with Gasteiger partial charge in [-0.3, -0.25) is 4.79 Å². The van der Waals surface area contributed by atoms with Gasteiger partial charge in [0, 0.05) is 5.56 Å². The van der Waals surface area contributed by atoms with Gasteiger partial charge in [0.25, 0.3) is 0 Å². The summed E-state index contributed by atoms with van der Waals surface area (Å²) in [5.74, 6) is 2.99. The van der Waals surface area contributed by atoms with Gasteiger partial charge in [-0.05, 0) is 58.1 Å². The van der Waals surface area contributed by atoms with E-state index in [0.29, 0.717) is 22.8 Å². The Balaban J connectivity index is 2.89. The van der Waals surface area contributed by atoms with Crippen molar-refractivity contribution in [2.75, 3.05) is 11.5 Å². The van der Waals surface area contributed by atoms with Crippen LogP contribution < -0.4 is 9.47 Å². The molecule has 0 N–H and O–H groups in total. The van der Waals surface area contributed by atoms with Gasteiger partial charge in [0.05, 0.1) is 18.0 Å². The minimum atomic E-state index is 0.0410. The molecule has 0 atom stereocenters. The second kappa shape index (κ2) is 8.98. The molecule has 0 heterocycles. The molecular formula is C17H26O3S. The van der Waals surface area contributed by atoms with Crippen LogP contribution in [0.15, 0.2) is 18.2 Å². The summed E-state index contributed by atoms with van der Waals surface area (Å²) < 4.78 is 11.5. The minimum Gasteiger partial charge on any atom is -0.487 e. The highest BCUT2D eigenvalue weighted by molar-refractivity contribution is 7.99. The van der Waals surface area contributed by atoms with Gasteiger partial charge in [0.1, 0.15) is 0 Å². The Labute approximate surface area is 132 Å². The Bertz CT molecular complexity index is 455. The molecule has 0 spiro atoms. The highest BCUT2D eigenvalue weighted by Gasteiger charge is 2.13. The molecule has 0 aromatic heterocycles. The van der Waals surface area contributed by atoms with Gasteiger partial charge in [0.15, 0.2) is 17.3 Å². The third kappa shape index (κ3) is 6.42. The van der Waals surface area contributed by atoms with Crippen molar-refractivity contribution in [1.82, 2.24) is 0 Å². The normalized spacial score (nSPS) is 11.0. The third-order valence-corrected chi connectivity index (χ3v) is 3.74. The van der Waals surface area contributed by atoms with Gasteiger partial charge >= 0.3 is 0 Å². The standard InChI is InChI=1S/C17H26O3S/c1-6-9-21-11-15(18)14-7-8-16(19-12(2)3)17(10-14)20-13(4)5/h7-8,10,12-13H,6,9,11H2,1-5H3. The van der Waals surface area contributed by atoms with Crippen LogP contribution in [0.5, 0.6) is 11.5 Å². The Hall–Kier alpha value is -1.16. The van der Waals surface area contributed by atoms with Crippen LogP contribution in [-0.4, -0.2) is 29.5 Å². The van der Waals surface area contributed by atoms with E-state index in [9.17, 15) is 4.79 Å². The minimum absolute atomic E-state index is 0.0410. The zero-order valence-electron chi connectivity index (χ0n) is 13.6. The zero-order valence-corrected chi connectivity index (χ0v) is 14.5. The molecule has 1 rings (SSSR count). The number of carbonyl (C=O) groups excluding carboxylic acids is 1. The largest absolute Gasteiger partial charge is 0.487 e. The molecule has 0 amide bonds. The van der Waals surface area contributed by atoms with Crippen molar-refractivity contribution in [3.8, 4) is 11.5 Å². The molecule has 0 saturated heterocycles. The van der Waals surface area contributed by atoms with E-state index in [0.717, 1.165) is 12.2 Å². The summed E-state index contributed by atoms with van der Waals surface area (Å²) in [5, 5.41) is 0. The van der Waals surface area contributed by atoms with E-state index in [1.165, 1.54) is 0 Å². The maximum atomic E-state index is 12.2. The van der Waals surface area contributed by atoms with Crippen LogP contribution in [0.2, 0.25) is 0 Å². The third-order valence-electron chi connectivity index (χ3n) is 2.57. The summed E-state index contributed by atoms with van der Waals surface area (Å²) >= 11 is 1.67. The smallest absolute Gasteiger partial charge is 0.172 e. The van der Waals surface area contributed by atoms with E-state index in [4.69, 9.17) is 9.47 Å². The lowest BCUT2D eigenvalue weighted by atomic mass is 10.1. The van der Waals surface area contributed by atoms with Gasteiger partial charge in [-0.15, -0.1) is 0 Å². The first kappa shape index (κ1) is 17.9. The van der Waals surface area contributed by atoms with Crippen molar-refractivity contribution in [2.45, 2.75) is 53.2 Å². The molecule has 0 unspecified atom stereocenters. The summed E-state index contributed by atoms with van der Waals surface area (Å²) in [7, 11) is 0. The number of ether oxygens (including phenoxy) is 2. The van der Waals surface area contributed by atoms with E-state index in [2.05, 4.69) is 6.92 Å². The Morgan fingerprint density at radius 1 is 1.10 bits per heavy atom. The van der Waals surface area contributed by atoms with Crippen molar-refractivity contribution in [3.05, 3.63) is 23.8 Å². The van der Waals surface area contributed by atoms with E-state index in [-0.39, 0.29) is 18.0 Å². The van der Waals surface area contributed by atoms with Crippen molar-refractivity contribution in [1.29, 1.82) is 0 Å². The zero-order chi connectivity index (χ0) is 15.8. The lowest BCUT2D eigenvalue weighted by Crippen LogP contribution is -2.12. The van der Waals surface area contributed by atoms with Crippen molar-refractivity contribution >= 4 is 17.5 Å².